The Bertz CT molecular complexity index is 341. The second-order valence-corrected chi connectivity index (χ2v) is 4.22. The van der Waals surface area contributed by atoms with Gasteiger partial charge in [0.15, 0.2) is 0 Å². The summed E-state index contributed by atoms with van der Waals surface area (Å²) in [5.41, 5.74) is 1.55. The molecular weight excluding hydrogens is 205 g/mol. The van der Waals surface area contributed by atoms with Crippen LogP contribution >= 0.6 is 0 Å². The lowest BCUT2D eigenvalue weighted by Crippen LogP contribution is -2.32. The highest BCUT2D eigenvalue weighted by Crippen LogP contribution is 2.17. The van der Waals surface area contributed by atoms with Crippen LogP contribution in [0.25, 0.3) is 0 Å². The average molecular weight is 225 g/mol. The maximum Gasteiger partial charge on any atom is 0.126 e. The van der Waals surface area contributed by atoms with Crippen molar-refractivity contribution in [3.63, 3.8) is 0 Å². The van der Waals surface area contributed by atoms with E-state index in [2.05, 4.69) is 19.2 Å². The van der Waals surface area contributed by atoms with Crippen molar-refractivity contribution in [2.75, 3.05) is 6.61 Å². The Morgan fingerprint density at radius 2 is 2.12 bits per heavy atom. The molecule has 0 aromatic heterocycles. The fraction of sp³-hybridized carbons (Fsp3) is 0.538. The van der Waals surface area contributed by atoms with Crippen LogP contribution in [0, 0.1) is 12.7 Å². The number of aryl methyl sites for hydroxylation is 1. The van der Waals surface area contributed by atoms with Crippen molar-refractivity contribution in [3.8, 4) is 0 Å². The second kappa shape index (κ2) is 5.97. The molecule has 0 aliphatic rings. The number of aliphatic hydroxyl groups excluding tert-OH is 1. The summed E-state index contributed by atoms with van der Waals surface area (Å²) in [7, 11) is 0. The van der Waals surface area contributed by atoms with Gasteiger partial charge in [0, 0.05) is 6.04 Å². The second-order valence-electron chi connectivity index (χ2n) is 4.22. The number of rotatable bonds is 5. The van der Waals surface area contributed by atoms with Gasteiger partial charge in [0.1, 0.15) is 5.82 Å². The zero-order valence-corrected chi connectivity index (χ0v) is 10.1. The molecule has 0 aliphatic heterocycles. The summed E-state index contributed by atoms with van der Waals surface area (Å²) >= 11 is 0. The normalized spacial score (nSPS) is 14.8. The summed E-state index contributed by atoms with van der Waals surface area (Å²) in [6.45, 7) is 5.91. The highest BCUT2D eigenvalue weighted by atomic mass is 19.1. The van der Waals surface area contributed by atoms with Crippen LogP contribution in [0.1, 0.15) is 37.4 Å². The van der Waals surface area contributed by atoms with Crippen LogP contribution < -0.4 is 5.32 Å². The van der Waals surface area contributed by atoms with Crippen molar-refractivity contribution in [3.05, 3.63) is 35.1 Å². The molecule has 0 bridgehead atoms. The minimum atomic E-state index is -0.205. The van der Waals surface area contributed by atoms with Crippen molar-refractivity contribution in [1.82, 2.24) is 5.32 Å². The molecular formula is C13H20FNO. The maximum absolute atomic E-state index is 13.1. The Morgan fingerprint density at radius 1 is 1.44 bits per heavy atom. The molecule has 2 unspecified atom stereocenters. The van der Waals surface area contributed by atoms with Crippen molar-refractivity contribution in [2.45, 2.75) is 39.3 Å². The van der Waals surface area contributed by atoms with E-state index in [-0.39, 0.29) is 18.5 Å². The Kier molecular flexibility index (Phi) is 4.90. The quantitative estimate of drug-likeness (QED) is 0.807. The topological polar surface area (TPSA) is 32.3 Å². The molecule has 0 saturated carbocycles. The van der Waals surface area contributed by atoms with Gasteiger partial charge in [0.25, 0.3) is 0 Å². The SMILES string of the molecule is CCC(C)NC(CO)c1ccc(F)c(C)c1. The zero-order chi connectivity index (χ0) is 12.1. The summed E-state index contributed by atoms with van der Waals surface area (Å²) in [5, 5.41) is 12.6. The molecule has 2 N–H and O–H groups in total. The third-order valence-electron chi connectivity index (χ3n) is 2.87. The number of halogens is 1. The Hall–Kier alpha value is -0.930. The van der Waals surface area contributed by atoms with Gasteiger partial charge in [-0.2, -0.15) is 0 Å². The molecule has 90 valence electrons. The van der Waals surface area contributed by atoms with Gasteiger partial charge in [-0.3, -0.25) is 0 Å². The van der Waals surface area contributed by atoms with Crippen LogP contribution in [0.4, 0.5) is 4.39 Å². The molecule has 3 heteroatoms. The maximum atomic E-state index is 13.1. The molecule has 0 radical (unpaired) electrons. The molecule has 1 aromatic rings. The number of aliphatic hydroxyl groups is 1. The van der Waals surface area contributed by atoms with Crippen molar-refractivity contribution < 1.29 is 9.50 Å². The molecule has 0 saturated heterocycles. The third kappa shape index (κ3) is 3.29. The number of benzene rings is 1. The summed E-state index contributed by atoms with van der Waals surface area (Å²) in [6, 6.07) is 5.17. The number of hydrogen-bond donors (Lipinski definition) is 2. The van der Waals surface area contributed by atoms with Gasteiger partial charge in [0.05, 0.1) is 12.6 Å². The first kappa shape index (κ1) is 13.1. The first-order valence-electron chi connectivity index (χ1n) is 5.71. The van der Waals surface area contributed by atoms with Crippen molar-refractivity contribution in [2.24, 2.45) is 0 Å². The van der Waals surface area contributed by atoms with Gasteiger partial charge in [-0.15, -0.1) is 0 Å². The van der Waals surface area contributed by atoms with E-state index in [0.29, 0.717) is 11.6 Å². The molecule has 2 atom stereocenters. The van der Waals surface area contributed by atoms with Gasteiger partial charge in [0.2, 0.25) is 0 Å². The Morgan fingerprint density at radius 3 is 2.62 bits per heavy atom. The third-order valence-corrected chi connectivity index (χ3v) is 2.87. The van der Waals surface area contributed by atoms with Crippen LogP contribution in [0.5, 0.6) is 0 Å². The Labute approximate surface area is 96.5 Å². The van der Waals surface area contributed by atoms with Gasteiger partial charge >= 0.3 is 0 Å². The molecule has 1 rings (SSSR count). The summed E-state index contributed by atoms with van der Waals surface area (Å²) in [5.74, 6) is -0.205. The van der Waals surface area contributed by atoms with E-state index in [1.807, 2.05) is 0 Å². The summed E-state index contributed by atoms with van der Waals surface area (Å²) < 4.78 is 13.1. The van der Waals surface area contributed by atoms with Gasteiger partial charge < -0.3 is 10.4 Å². The molecule has 0 spiro atoms. The van der Waals surface area contributed by atoms with Crippen LogP contribution in [-0.4, -0.2) is 17.8 Å². The first-order valence-corrected chi connectivity index (χ1v) is 5.71. The fourth-order valence-electron chi connectivity index (χ4n) is 1.60. The molecule has 0 amide bonds. The van der Waals surface area contributed by atoms with Crippen LogP contribution in [0.15, 0.2) is 18.2 Å². The zero-order valence-electron chi connectivity index (χ0n) is 10.1. The van der Waals surface area contributed by atoms with Gasteiger partial charge in [-0.1, -0.05) is 19.1 Å². The van der Waals surface area contributed by atoms with Gasteiger partial charge in [-0.25, -0.2) is 4.39 Å². The van der Waals surface area contributed by atoms with Crippen LogP contribution in [0.3, 0.4) is 0 Å². The van der Waals surface area contributed by atoms with E-state index in [1.54, 1.807) is 19.1 Å². The smallest absolute Gasteiger partial charge is 0.126 e. The molecule has 0 fully saturated rings. The largest absolute Gasteiger partial charge is 0.394 e. The van der Waals surface area contributed by atoms with E-state index in [0.717, 1.165) is 12.0 Å². The standard InChI is InChI=1S/C13H20FNO/c1-4-10(3)15-13(8-16)11-5-6-12(14)9(2)7-11/h5-7,10,13,15-16H,4,8H2,1-3H3. The predicted octanol–water partition coefficient (Wildman–Crippen LogP) is 2.56. The molecule has 0 aliphatic carbocycles. The average Bonchev–Trinajstić information content (AvgIpc) is 2.29. The first-order chi connectivity index (χ1) is 7.58. The van der Waals surface area contributed by atoms with Gasteiger partial charge in [-0.05, 0) is 37.5 Å². The van der Waals surface area contributed by atoms with Crippen LogP contribution in [0.2, 0.25) is 0 Å². The molecule has 1 aromatic carbocycles. The summed E-state index contributed by atoms with van der Waals surface area (Å²) in [4.78, 5) is 0. The number of hydrogen-bond acceptors (Lipinski definition) is 2. The van der Waals surface area contributed by atoms with E-state index >= 15 is 0 Å². The molecule has 16 heavy (non-hydrogen) atoms. The van der Waals surface area contributed by atoms with E-state index in [1.165, 1.54) is 6.07 Å². The lowest BCUT2D eigenvalue weighted by molar-refractivity contribution is 0.234. The predicted molar refractivity (Wildman–Crippen MR) is 63.9 cm³/mol. The summed E-state index contributed by atoms with van der Waals surface area (Å²) in [6.07, 6.45) is 0.997. The van der Waals surface area contributed by atoms with E-state index in [4.69, 9.17) is 0 Å². The minimum absolute atomic E-state index is 0.0232. The Balaban J connectivity index is 2.82. The van der Waals surface area contributed by atoms with Crippen LogP contribution in [-0.2, 0) is 0 Å². The minimum Gasteiger partial charge on any atom is -0.394 e. The molecule has 0 heterocycles. The highest BCUT2D eigenvalue weighted by molar-refractivity contribution is 5.26. The lowest BCUT2D eigenvalue weighted by Gasteiger charge is -2.21. The van der Waals surface area contributed by atoms with E-state index in [9.17, 15) is 9.50 Å². The highest BCUT2D eigenvalue weighted by Gasteiger charge is 2.13. The van der Waals surface area contributed by atoms with Crippen molar-refractivity contribution >= 4 is 0 Å². The fourth-order valence-corrected chi connectivity index (χ4v) is 1.60. The number of nitrogens with one attached hydrogen (secondary N) is 1. The lowest BCUT2D eigenvalue weighted by atomic mass is 10.0. The van der Waals surface area contributed by atoms with Crippen molar-refractivity contribution in [1.29, 1.82) is 0 Å². The monoisotopic (exact) mass is 225 g/mol. The van der Waals surface area contributed by atoms with E-state index < -0.39 is 0 Å². The molecule has 2 nitrogen and oxygen atoms in total.